The molecule has 1 N–H and O–H groups in total. The van der Waals surface area contributed by atoms with E-state index in [1.807, 2.05) is 0 Å². The fourth-order valence-electron chi connectivity index (χ4n) is 3.31. The van der Waals surface area contributed by atoms with Gasteiger partial charge in [-0.05, 0) is 18.2 Å². The van der Waals surface area contributed by atoms with E-state index in [1.54, 1.807) is 0 Å². The molecule has 0 saturated carbocycles. The Balaban J connectivity index is 2.18. The minimum atomic E-state index is -4.63. The van der Waals surface area contributed by atoms with Crippen molar-refractivity contribution in [1.82, 2.24) is 14.1 Å². The normalized spacial score (nSPS) is 12.5. The van der Waals surface area contributed by atoms with Crippen molar-refractivity contribution in [3.05, 3.63) is 64.1 Å². The van der Waals surface area contributed by atoms with Gasteiger partial charge in [-0.15, -0.1) is 0 Å². The molecule has 0 aliphatic heterocycles. The molecule has 1 unspecified atom stereocenters. The summed E-state index contributed by atoms with van der Waals surface area (Å²) in [5.74, 6) is -1.11. The highest BCUT2D eigenvalue weighted by Crippen LogP contribution is 2.36. The fraction of sp³-hybridized carbons (Fsp3) is 0.286. The average molecular weight is 486 g/mol. The molecule has 12 heteroatoms. The summed E-state index contributed by atoms with van der Waals surface area (Å²) in [4.78, 5) is 28.0. The van der Waals surface area contributed by atoms with E-state index in [1.165, 1.54) is 38.6 Å². The standard InChI is InChI=1S/C21H19ClF3N3O5/c1-32-6-5-16(20(30)31)28-9-17(33-2)14(8-19(28)29)13-7-12(22)3-4-15(13)27-10-18(26-11-27)21(23,24)25/h3-4,7-11,16H,5-6H2,1-2H3,(H,30,31). The van der Waals surface area contributed by atoms with E-state index in [9.17, 15) is 27.9 Å². The molecule has 0 aliphatic carbocycles. The highest BCUT2D eigenvalue weighted by molar-refractivity contribution is 6.31. The van der Waals surface area contributed by atoms with Crippen LogP contribution in [0.15, 0.2) is 47.8 Å². The van der Waals surface area contributed by atoms with Gasteiger partial charge in [0.2, 0.25) is 0 Å². The van der Waals surface area contributed by atoms with Crippen LogP contribution in [-0.4, -0.2) is 46.0 Å². The number of imidazole rings is 1. The number of aromatic nitrogens is 3. The van der Waals surface area contributed by atoms with Crippen LogP contribution in [0.25, 0.3) is 16.8 Å². The zero-order valence-corrected chi connectivity index (χ0v) is 18.2. The largest absolute Gasteiger partial charge is 0.495 e. The molecule has 2 aromatic heterocycles. The molecule has 176 valence electrons. The molecule has 33 heavy (non-hydrogen) atoms. The number of hydrogen-bond acceptors (Lipinski definition) is 5. The van der Waals surface area contributed by atoms with Crippen LogP contribution >= 0.6 is 11.6 Å². The number of halogens is 4. The summed E-state index contributed by atoms with van der Waals surface area (Å²) in [5, 5.41) is 9.81. The molecule has 0 fully saturated rings. The van der Waals surface area contributed by atoms with Gasteiger partial charge < -0.3 is 19.1 Å². The van der Waals surface area contributed by atoms with Crippen molar-refractivity contribution < 1.29 is 32.5 Å². The van der Waals surface area contributed by atoms with Crippen molar-refractivity contribution >= 4 is 17.6 Å². The Labute approximate surface area is 190 Å². The Morgan fingerprint density at radius 3 is 2.52 bits per heavy atom. The summed E-state index contributed by atoms with van der Waals surface area (Å²) in [6.07, 6.45) is -1.55. The zero-order chi connectivity index (χ0) is 24.3. The molecule has 0 saturated heterocycles. The first-order valence-corrected chi connectivity index (χ1v) is 9.88. The second-order valence-corrected chi connectivity index (χ2v) is 7.40. The summed E-state index contributed by atoms with van der Waals surface area (Å²) < 4.78 is 51.6. The summed E-state index contributed by atoms with van der Waals surface area (Å²) in [7, 11) is 2.73. The average Bonchev–Trinajstić information content (AvgIpc) is 3.25. The summed E-state index contributed by atoms with van der Waals surface area (Å²) in [5.41, 5.74) is -0.977. The van der Waals surface area contributed by atoms with Crippen molar-refractivity contribution in [1.29, 1.82) is 0 Å². The molecule has 1 atom stereocenters. The number of nitrogens with zero attached hydrogens (tertiary/aromatic N) is 3. The maximum absolute atomic E-state index is 13.0. The number of rotatable bonds is 8. The van der Waals surface area contributed by atoms with E-state index in [0.29, 0.717) is 5.56 Å². The lowest BCUT2D eigenvalue weighted by Crippen LogP contribution is -2.30. The Hall–Kier alpha value is -3.31. The molecule has 2 heterocycles. The minimum Gasteiger partial charge on any atom is -0.495 e. The number of methoxy groups -OCH3 is 2. The van der Waals surface area contributed by atoms with E-state index in [2.05, 4.69) is 4.98 Å². The second-order valence-electron chi connectivity index (χ2n) is 6.96. The molecule has 0 bridgehead atoms. The van der Waals surface area contributed by atoms with Crippen LogP contribution in [0, 0.1) is 0 Å². The number of carboxylic acids is 1. The topological polar surface area (TPSA) is 95.6 Å². The number of hydrogen-bond donors (Lipinski definition) is 1. The van der Waals surface area contributed by atoms with E-state index >= 15 is 0 Å². The summed E-state index contributed by atoms with van der Waals surface area (Å²) >= 11 is 6.13. The Bertz CT molecular complexity index is 1220. The van der Waals surface area contributed by atoms with Crippen molar-refractivity contribution in [2.75, 3.05) is 20.8 Å². The van der Waals surface area contributed by atoms with Gasteiger partial charge in [-0.1, -0.05) is 11.6 Å². The number of carboxylic acid groups (broad SMARTS) is 1. The third-order valence-corrected chi connectivity index (χ3v) is 5.12. The predicted octanol–water partition coefficient (Wildman–Crippen LogP) is 4.04. The molecule has 0 spiro atoms. The van der Waals surface area contributed by atoms with Crippen LogP contribution in [0.2, 0.25) is 5.02 Å². The van der Waals surface area contributed by atoms with Gasteiger partial charge in [0.1, 0.15) is 11.8 Å². The summed E-state index contributed by atoms with van der Waals surface area (Å²) in [6, 6.07) is 4.36. The van der Waals surface area contributed by atoms with Crippen LogP contribution in [0.3, 0.4) is 0 Å². The number of carbonyl (C=O) groups is 1. The first kappa shape index (κ1) is 24.3. The fourth-order valence-corrected chi connectivity index (χ4v) is 3.48. The molecule has 3 aromatic rings. The highest BCUT2D eigenvalue weighted by Gasteiger charge is 2.34. The van der Waals surface area contributed by atoms with Gasteiger partial charge >= 0.3 is 12.1 Å². The number of pyridine rings is 1. The number of benzene rings is 1. The van der Waals surface area contributed by atoms with Crippen molar-refractivity contribution in [3.63, 3.8) is 0 Å². The molecule has 1 aromatic carbocycles. The molecule has 8 nitrogen and oxygen atoms in total. The van der Waals surface area contributed by atoms with Gasteiger partial charge in [-0.3, -0.25) is 9.36 Å². The first-order valence-electron chi connectivity index (χ1n) is 9.50. The number of aliphatic carboxylic acids is 1. The zero-order valence-electron chi connectivity index (χ0n) is 17.5. The van der Waals surface area contributed by atoms with Crippen molar-refractivity contribution in [3.8, 4) is 22.6 Å². The lowest BCUT2D eigenvalue weighted by Gasteiger charge is -2.19. The number of alkyl halides is 3. The van der Waals surface area contributed by atoms with E-state index in [0.717, 1.165) is 27.7 Å². The highest BCUT2D eigenvalue weighted by atomic mass is 35.5. The second kappa shape index (κ2) is 9.67. The molecule has 0 aliphatic rings. The molecule has 0 radical (unpaired) electrons. The SMILES string of the molecule is COCCC(C(=O)O)n1cc(OC)c(-c2cc(Cl)ccc2-n2cnc(C(F)(F)F)c2)cc1=O. The molecule has 3 rings (SSSR count). The lowest BCUT2D eigenvalue weighted by atomic mass is 10.0. The lowest BCUT2D eigenvalue weighted by molar-refractivity contribution is -0.142. The Kier molecular flexibility index (Phi) is 7.13. The Morgan fingerprint density at radius 1 is 1.21 bits per heavy atom. The van der Waals surface area contributed by atoms with Gasteiger partial charge in [-0.25, -0.2) is 9.78 Å². The van der Waals surface area contributed by atoms with Crippen LogP contribution in [0.4, 0.5) is 13.2 Å². The molecular weight excluding hydrogens is 467 g/mol. The van der Waals surface area contributed by atoms with Crippen LogP contribution in [0.5, 0.6) is 5.75 Å². The van der Waals surface area contributed by atoms with Gasteiger partial charge in [0.25, 0.3) is 5.56 Å². The molecule has 0 amide bonds. The van der Waals surface area contributed by atoms with Crippen LogP contribution in [0.1, 0.15) is 18.2 Å². The Morgan fingerprint density at radius 2 is 1.94 bits per heavy atom. The third kappa shape index (κ3) is 5.20. The maximum atomic E-state index is 13.0. The van der Waals surface area contributed by atoms with E-state index in [-0.39, 0.29) is 35.1 Å². The maximum Gasteiger partial charge on any atom is 0.434 e. The first-order chi connectivity index (χ1) is 15.6. The number of ether oxygens (including phenoxy) is 2. The predicted molar refractivity (Wildman–Crippen MR) is 113 cm³/mol. The van der Waals surface area contributed by atoms with Crippen molar-refractivity contribution in [2.24, 2.45) is 0 Å². The van der Waals surface area contributed by atoms with Crippen LogP contribution in [-0.2, 0) is 15.7 Å². The smallest absolute Gasteiger partial charge is 0.434 e. The van der Waals surface area contributed by atoms with Gasteiger partial charge in [0.05, 0.1) is 25.3 Å². The summed E-state index contributed by atoms with van der Waals surface area (Å²) in [6.45, 7) is 0.105. The quantitative estimate of drug-likeness (QED) is 0.517. The van der Waals surface area contributed by atoms with E-state index in [4.69, 9.17) is 21.1 Å². The van der Waals surface area contributed by atoms with Gasteiger partial charge in [-0.2, -0.15) is 13.2 Å². The monoisotopic (exact) mass is 485 g/mol. The van der Waals surface area contributed by atoms with Gasteiger partial charge in [0, 0.05) is 48.6 Å². The van der Waals surface area contributed by atoms with E-state index < -0.39 is 29.4 Å². The third-order valence-electron chi connectivity index (χ3n) is 4.88. The van der Waals surface area contributed by atoms with Gasteiger partial charge in [0.15, 0.2) is 5.69 Å². The van der Waals surface area contributed by atoms with Crippen LogP contribution < -0.4 is 10.3 Å². The molecular formula is C21H19ClF3N3O5. The van der Waals surface area contributed by atoms with Crippen molar-refractivity contribution in [2.45, 2.75) is 18.6 Å². The minimum absolute atomic E-state index is 0.0336.